The average Bonchev–Trinajstić information content (AvgIpc) is 2.42. The smallest absolute Gasteiger partial charge is 0.0540 e. The first kappa shape index (κ1) is 14.3. The lowest BCUT2D eigenvalue weighted by Gasteiger charge is -2.26. The summed E-state index contributed by atoms with van der Waals surface area (Å²) in [5, 5.41) is 16.5. The van der Waals surface area contributed by atoms with Gasteiger partial charge in [0.1, 0.15) is 0 Å². The summed E-state index contributed by atoms with van der Waals surface area (Å²) < 4.78 is 0. The predicted octanol–water partition coefficient (Wildman–Crippen LogP) is 1.91. The van der Waals surface area contributed by atoms with Gasteiger partial charge in [0, 0.05) is 0 Å². The zero-order valence-corrected chi connectivity index (χ0v) is 11.7. The molecule has 0 radical (unpaired) electrons. The van der Waals surface area contributed by atoms with E-state index >= 15 is 0 Å². The molecule has 1 heterocycles. The number of piperidine rings is 1. The molecule has 1 saturated carbocycles. The monoisotopic (exact) mass is 254 g/mol. The van der Waals surface area contributed by atoms with E-state index in [-0.39, 0.29) is 6.10 Å². The zero-order valence-electron chi connectivity index (χ0n) is 11.7. The van der Waals surface area contributed by atoms with Gasteiger partial charge in [-0.2, -0.15) is 0 Å². The molecular weight excluding hydrogens is 224 g/mol. The Kier molecular flexibility index (Phi) is 6.46. The molecule has 1 aliphatic carbocycles. The fourth-order valence-electron chi connectivity index (χ4n) is 3.34. The minimum absolute atomic E-state index is 0.0128. The second kappa shape index (κ2) is 8.13. The standard InChI is InChI=1S/C15H30N2O/c18-15-5-3-14(4-6-15)12-17-9-1-2-13-7-10-16-11-8-13/h13-18H,1-12H2/t14-,15-. The molecule has 0 aromatic carbocycles. The molecule has 2 rings (SSSR count). The summed E-state index contributed by atoms with van der Waals surface area (Å²) >= 11 is 0. The maximum atomic E-state index is 9.46. The molecule has 18 heavy (non-hydrogen) atoms. The first-order valence-corrected chi connectivity index (χ1v) is 7.94. The fraction of sp³-hybridized carbons (Fsp3) is 1.00. The minimum atomic E-state index is -0.0128. The van der Waals surface area contributed by atoms with Crippen LogP contribution in [-0.4, -0.2) is 37.4 Å². The molecule has 0 aromatic rings. The Bertz CT molecular complexity index is 209. The first-order chi connectivity index (χ1) is 8.84. The van der Waals surface area contributed by atoms with Crippen molar-refractivity contribution in [2.45, 2.75) is 57.5 Å². The summed E-state index contributed by atoms with van der Waals surface area (Å²) in [5.41, 5.74) is 0. The predicted molar refractivity (Wildman–Crippen MR) is 75.7 cm³/mol. The van der Waals surface area contributed by atoms with Gasteiger partial charge >= 0.3 is 0 Å². The van der Waals surface area contributed by atoms with Gasteiger partial charge in [0.2, 0.25) is 0 Å². The molecule has 3 nitrogen and oxygen atoms in total. The summed E-state index contributed by atoms with van der Waals surface area (Å²) in [4.78, 5) is 0. The van der Waals surface area contributed by atoms with Gasteiger partial charge in [-0.15, -0.1) is 0 Å². The van der Waals surface area contributed by atoms with Crippen LogP contribution >= 0.6 is 0 Å². The molecule has 0 atom stereocenters. The Morgan fingerprint density at radius 1 is 0.944 bits per heavy atom. The van der Waals surface area contributed by atoms with Crippen molar-refractivity contribution >= 4 is 0 Å². The van der Waals surface area contributed by atoms with Crippen LogP contribution in [0.15, 0.2) is 0 Å². The third kappa shape index (κ3) is 5.25. The van der Waals surface area contributed by atoms with Gasteiger partial charge in [0.05, 0.1) is 6.10 Å². The van der Waals surface area contributed by atoms with Crippen LogP contribution in [0.25, 0.3) is 0 Å². The topological polar surface area (TPSA) is 44.3 Å². The third-order valence-corrected chi connectivity index (χ3v) is 4.67. The van der Waals surface area contributed by atoms with Gasteiger partial charge in [-0.1, -0.05) is 0 Å². The van der Waals surface area contributed by atoms with E-state index in [9.17, 15) is 5.11 Å². The van der Waals surface area contributed by atoms with Crippen molar-refractivity contribution in [3.63, 3.8) is 0 Å². The van der Waals surface area contributed by atoms with Crippen LogP contribution in [0.2, 0.25) is 0 Å². The maximum absolute atomic E-state index is 9.46. The number of nitrogens with one attached hydrogen (secondary N) is 2. The van der Waals surface area contributed by atoms with Crippen molar-refractivity contribution < 1.29 is 5.11 Å². The van der Waals surface area contributed by atoms with Crippen LogP contribution in [0.3, 0.4) is 0 Å². The number of aliphatic hydroxyl groups is 1. The van der Waals surface area contributed by atoms with Crippen molar-refractivity contribution in [2.75, 3.05) is 26.2 Å². The van der Waals surface area contributed by atoms with Crippen molar-refractivity contribution in [3.05, 3.63) is 0 Å². The summed E-state index contributed by atoms with van der Waals surface area (Å²) in [7, 11) is 0. The first-order valence-electron chi connectivity index (χ1n) is 7.94. The molecule has 1 saturated heterocycles. The lowest BCUT2D eigenvalue weighted by atomic mass is 9.87. The van der Waals surface area contributed by atoms with E-state index in [1.54, 1.807) is 0 Å². The van der Waals surface area contributed by atoms with Crippen molar-refractivity contribution in [1.82, 2.24) is 10.6 Å². The quantitative estimate of drug-likeness (QED) is 0.634. The minimum Gasteiger partial charge on any atom is -0.393 e. The summed E-state index contributed by atoms with van der Waals surface area (Å²) in [6.07, 6.45) is 9.92. The molecule has 106 valence electrons. The molecule has 2 fully saturated rings. The van der Waals surface area contributed by atoms with Gasteiger partial charge in [-0.25, -0.2) is 0 Å². The van der Waals surface area contributed by atoms with E-state index < -0.39 is 0 Å². The Morgan fingerprint density at radius 2 is 1.67 bits per heavy atom. The highest BCUT2D eigenvalue weighted by atomic mass is 16.3. The fourth-order valence-corrected chi connectivity index (χ4v) is 3.34. The molecule has 3 N–H and O–H groups in total. The lowest BCUT2D eigenvalue weighted by molar-refractivity contribution is 0.108. The second-order valence-electron chi connectivity index (χ2n) is 6.21. The largest absolute Gasteiger partial charge is 0.393 e. The molecule has 0 amide bonds. The highest BCUT2D eigenvalue weighted by molar-refractivity contribution is 4.73. The maximum Gasteiger partial charge on any atom is 0.0540 e. The second-order valence-corrected chi connectivity index (χ2v) is 6.21. The number of aliphatic hydroxyl groups excluding tert-OH is 1. The summed E-state index contributed by atoms with van der Waals surface area (Å²) in [6.45, 7) is 4.80. The molecule has 2 aliphatic rings. The molecular formula is C15H30N2O. The highest BCUT2D eigenvalue weighted by Crippen LogP contribution is 2.23. The normalized spacial score (nSPS) is 30.5. The van der Waals surface area contributed by atoms with Crippen LogP contribution in [-0.2, 0) is 0 Å². The van der Waals surface area contributed by atoms with E-state index in [0.717, 1.165) is 24.7 Å². The van der Waals surface area contributed by atoms with E-state index in [4.69, 9.17) is 0 Å². The van der Waals surface area contributed by atoms with Crippen LogP contribution in [0.1, 0.15) is 51.4 Å². The molecule has 0 spiro atoms. The molecule has 0 bridgehead atoms. The van der Waals surface area contributed by atoms with E-state index in [1.165, 1.54) is 64.7 Å². The molecule has 0 unspecified atom stereocenters. The summed E-state index contributed by atoms with van der Waals surface area (Å²) in [5.74, 6) is 1.78. The molecule has 1 aliphatic heterocycles. The van der Waals surface area contributed by atoms with Crippen molar-refractivity contribution in [1.29, 1.82) is 0 Å². The van der Waals surface area contributed by atoms with E-state index in [1.807, 2.05) is 0 Å². The average molecular weight is 254 g/mol. The van der Waals surface area contributed by atoms with E-state index in [0.29, 0.717) is 0 Å². The molecule has 0 aromatic heterocycles. The van der Waals surface area contributed by atoms with Crippen LogP contribution in [0, 0.1) is 11.8 Å². The number of hydrogen-bond acceptors (Lipinski definition) is 3. The van der Waals surface area contributed by atoms with Gasteiger partial charge in [-0.3, -0.25) is 0 Å². The van der Waals surface area contributed by atoms with Gasteiger partial charge < -0.3 is 15.7 Å². The van der Waals surface area contributed by atoms with Crippen LogP contribution in [0.4, 0.5) is 0 Å². The highest BCUT2D eigenvalue weighted by Gasteiger charge is 2.18. The lowest BCUT2D eigenvalue weighted by Crippen LogP contribution is -2.30. The zero-order chi connectivity index (χ0) is 12.6. The number of rotatable bonds is 6. The Morgan fingerprint density at radius 3 is 2.39 bits per heavy atom. The van der Waals surface area contributed by atoms with Gasteiger partial charge in [0.15, 0.2) is 0 Å². The van der Waals surface area contributed by atoms with Crippen molar-refractivity contribution in [2.24, 2.45) is 11.8 Å². The molecule has 3 heteroatoms. The van der Waals surface area contributed by atoms with Gasteiger partial charge in [-0.05, 0) is 89.4 Å². The summed E-state index contributed by atoms with van der Waals surface area (Å²) in [6, 6.07) is 0. The van der Waals surface area contributed by atoms with Crippen molar-refractivity contribution in [3.8, 4) is 0 Å². The van der Waals surface area contributed by atoms with E-state index in [2.05, 4.69) is 10.6 Å². The Labute approximate surface area is 112 Å². The SMILES string of the molecule is O[C@H]1CC[C@H](CNCCCC2CCNCC2)CC1. The Balaban J connectivity index is 1.43. The van der Waals surface area contributed by atoms with Gasteiger partial charge in [0.25, 0.3) is 0 Å². The number of hydrogen-bond donors (Lipinski definition) is 3. The van der Waals surface area contributed by atoms with Crippen LogP contribution in [0.5, 0.6) is 0 Å². The third-order valence-electron chi connectivity index (χ3n) is 4.67. The Hall–Kier alpha value is -0.120. The van der Waals surface area contributed by atoms with Crippen LogP contribution < -0.4 is 10.6 Å².